The van der Waals surface area contributed by atoms with Crippen molar-refractivity contribution in [3.8, 4) is 5.75 Å². The van der Waals surface area contributed by atoms with Gasteiger partial charge in [-0.3, -0.25) is 19.4 Å². The summed E-state index contributed by atoms with van der Waals surface area (Å²) >= 11 is 7.73. The second-order valence-electron chi connectivity index (χ2n) is 9.64. The summed E-state index contributed by atoms with van der Waals surface area (Å²) in [4.78, 5) is 58.2. The van der Waals surface area contributed by atoms with Gasteiger partial charge in [0.25, 0.3) is 0 Å². The van der Waals surface area contributed by atoms with E-state index in [9.17, 15) is 19.2 Å². The highest BCUT2D eigenvalue weighted by molar-refractivity contribution is 8.18. The fourth-order valence-corrected chi connectivity index (χ4v) is 7.26. The Hall–Kier alpha value is -3.43. The Bertz CT molecular complexity index is 1430. The van der Waals surface area contributed by atoms with Gasteiger partial charge in [0.15, 0.2) is 11.6 Å². The molecule has 2 aliphatic carbocycles. The first kappa shape index (κ1) is 27.1. The number of hydrogen-bond acceptors (Lipinski definition) is 9. The molecule has 0 radical (unpaired) electrons. The molecule has 0 unspecified atom stereocenters. The number of halogens is 1. The molecule has 2 aromatic rings. The number of thioether (sulfide) groups is 1. The van der Waals surface area contributed by atoms with Crippen molar-refractivity contribution in [3.05, 3.63) is 74.7 Å². The molecule has 0 saturated carbocycles. The van der Waals surface area contributed by atoms with E-state index in [0.29, 0.717) is 44.7 Å². The maximum atomic E-state index is 13.7. The van der Waals surface area contributed by atoms with Crippen LogP contribution in [0.5, 0.6) is 5.75 Å². The van der Waals surface area contributed by atoms with Crippen LogP contribution in [0.3, 0.4) is 0 Å². The molecule has 1 aliphatic heterocycles. The molecule has 0 aromatic heterocycles. The molecule has 0 N–H and O–H groups in total. The Kier molecular flexibility index (Phi) is 7.64. The number of fused-ring (bicyclic) bond motifs is 2. The fourth-order valence-electron chi connectivity index (χ4n) is 5.76. The second kappa shape index (κ2) is 11.0. The Balaban J connectivity index is 1.58. The summed E-state index contributed by atoms with van der Waals surface area (Å²) in [5.41, 5.74) is 1.82. The molecule has 39 heavy (non-hydrogen) atoms. The lowest BCUT2D eigenvalue weighted by Crippen LogP contribution is -2.45. The number of carbonyl (C=O) groups excluding carboxylic acids is 4. The van der Waals surface area contributed by atoms with Gasteiger partial charge in [-0.2, -0.15) is 0 Å². The molecule has 0 spiro atoms. The van der Waals surface area contributed by atoms with E-state index in [1.165, 1.54) is 33.1 Å². The zero-order chi connectivity index (χ0) is 27.8. The molecule has 4 atom stereocenters. The van der Waals surface area contributed by atoms with Gasteiger partial charge >= 0.3 is 11.9 Å². The Morgan fingerprint density at radius 1 is 1.03 bits per heavy atom. The molecule has 0 bridgehead atoms. The number of benzene rings is 2. The Labute approximate surface area is 234 Å². The highest BCUT2D eigenvalue weighted by Crippen LogP contribution is 2.49. The predicted octanol–water partition coefficient (Wildman–Crippen LogP) is 4.46. The van der Waals surface area contributed by atoms with Crippen molar-refractivity contribution in [3.63, 3.8) is 0 Å². The molecule has 0 amide bonds. The van der Waals surface area contributed by atoms with Crippen molar-refractivity contribution in [2.45, 2.75) is 25.3 Å². The average molecular weight is 568 g/mol. The second-order valence-corrected chi connectivity index (χ2v) is 11.1. The van der Waals surface area contributed by atoms with Gasteiger partial charge < -0.3 is 14.2 Å². The van der Waals surface area contributed by atoms with Gasteiger partial charge in [-0.05, 0) is 36.5 Å². The average Bonchev–Trinajstić information content (AvgIpc) is 3.38. The summed E-state index contributed by atoms with van der Waals surface area (Å²) < 4.78 is 15.4. The van der Waals surface area contributed by atoms with E-state index in [1.54, 1.807) is 12.1 Å². The fraction of sp³-hybridized carbons (Fsp3) is 0.345. The molecule has 1 heterocycles. The number of Topliss-reactive ketones (excluding diaryl/α,β-unsaturated/α-hetero) is 2. The summed E-state index contributed by atoms with van der Waals surface area (Å²) in [5, 5.41) is 1.10. The molecule has 0 fully saturated rings. The number of methoxy groups -OCH3 is 3. The van der Waals surface area contributed by atoms with Crippen LogP contribution in [0.25, 0.3) is 0 Å². The first-order chi connectivity index (χ1) is 18.8. The summed E-state index contributed by atoms with van der Waals surface area (Å²) in [7, 11) is 3.90. The van der Waals surface area contributed by atoms with Gasteiger partial charge in [0.2, 0.25) is 0 Å². The number of ether oxygens (including phenoxy) is 3. The first-order valence-electron chi connectivity index (χ1n) is 12.4. The maximum Gasteiger partial charge on any atom is 0.342 e. The van der Waals surface area contributed by atoms with Gasteiger partial charge in [0.1, 0.15) is 22.3 Å². The minimum atomic E-state index is -1.27. The summed E-state index contributed by atoms with van der Waals surface area (Å²) in [6, 6.07) is 12.1. The molecule has 3 aliphatic rings. The SMILES string of the molecule is COC(=O)C1=C2SC(c3ccccc3)=N[C@@H]2[C@H](C[C@H]2CC(=O)c3c(OC)ccc(Cl)c3C2)[C@H](C(=O)OC)C1=O. The van der Waals surface area contributed by atoms with Crippen LogP contribution < -0.4 is 4.74 Å². The number of aliphatic imine (C=N–C) groups is 1. The van der Waals surface area contributed by atoms with Crippen LogP contribution >= 0.6 is 23.4 Å². The third-order valence-corrected chi connectivity index (χ3v) is 9.05. The van der Waals surface area contributed by atoms with Crippen molar-refractivity contribution in [2.75, 3.05) is 21.3 Å². The molecular formula is C29H26ClNO7S. The lowest BCUT2D eigenvalue weighted by Gasteiger charge is -2.36. The van der Waals surface area contributed by atoms with Gasteiger partial charge in [0.05, 0.1) is 32.9 Å². The number of esters is 2. The van der Waals surface area contributed by atoms with E-state index in [0.717, 1.165) is 5.56 Å². The van der Waals surface area contributed by atoms with E-state index >= 15 is 0 Å². The monoisotopic (exact) mass is 567 g/mol. The smallest absolute Gasteiger partial charge is 0.342 e. The quantitative estimate of drug-likeness (QED) is 0.286. The summed E-state index contributed by atoms with van der Waals surface area (Å²) in [6.45, 7) is 0. The van der Waals surface area contributed by atoms with Gasteiger partial charge in [-0.15, -0.1) is 0 Å². The minimum Gasteiger partial charge on any atom is -0.496 e. The van der Waals surface area contributed by atoms with Crippen molar-refractivity contribution < 1.29 is 33.4 Å². The Morgan fingerprint density at radius 3 is 2.44 bits per heavy atom. The van der Waals surface area contributed by atoms with Crippen molar-refractivity contribution in [2.24, 2.45) is 22.7 Å². The van der Waals surface area contributed by atoms with E-state index in [4.69, 9.17) is 30.8 Å². The largest absolute Gasteiger partial charge is 0.496 e. The lowest BCUT2D eigenvalue weighted by atomic mass is 9.69. The number of nitrogens with zero attached hydrogens (tertiary/aromatic N) is 1. The van der Waals surface area contributed by atoms with Gasteiger partial charge in [0, 0.05) is 27.8 Å². The zero-order valence-electron chi connectivity index (χ0n) is 21.6. The predicted molar refractivity (Wildman–Crippen MR) is 146 cm³/mol. The van der Waals surface area contributed by atoms with Crippen LogP contribution in [0.2, 0.25) is 5.02 Å². The standard InChI is InChI=1S/C29H26ClNO7S/c1-36-20-10-9-18(30)16-11-14(13-19(32)21(16)20)12-17-22(28(34)37-2)25(33)23(29(35)38-3)26-24(17)31-27(39-26)15-7-5-4-6-8-15/h4-10,14,17,22,24H,11-13H2,1-3H3/t14-,17+,22-,24+/m0/s1. The first-order valence-corrected chi connectivity index (χ1v) is 13.6. The summed E-state index contributed by atoms with van der Waals surface area (Å²) in [5.74, 6) is -3.98. The molecule has 10 heteroatoms. The van der Waals surface area contributed by atoms with Crippen molar-refractivity contribution >= 4 is 51.9 Å². The highest BCUT2D eigenvalue weighted by Gasteiger charge is 2.53. The van der Waals surface area contributed by atoms with E-state index in [2.05, 4.69) is 0 Å². The van der Waals surface area contributed by atoms with E-state index in [1.807, 2.05) is 30.3 Å². The number of hydrogen-bond donors (Lipinski definition) is 0. The maximum absolute atomic E-state index is 13.7. The highest BCUT2D eigenvalue weighted by atomic mass is 35.5. The lowest BCUT2D eigenvalue weighted by molar-refractivity contribution is -0.152. The number of ketones is 2. The van der Waals surface area contributed by atoms with Gasteiger partial charge in [-0.1, -0.05) is 53.7 Å². The zero-order valence-corrected chi connectivity index (χ0v) is 23.1. The Morgan fingerprint density at radius 2 is 1.77 bits per heavy atom. The van der Waals surface area contributed by atoms with Crippen LogP contribution in [-0.2, 0) is 30.3 Å². The van der Waals surface area contributed by atoms with Crippen molar-refractivity contribution in [1.82, 2.24) is 0 Å². The van der Waals surface area contributed by atoms with Gasteiger partial charge in [-0.25, -0.2) is 4.79 Å². The van der Waals surface area contributed by atoms with Crippen LogP contribution in [-0.4, -0.2) is 55.9 Å². The van der Waals surface area contributed by atoms with E-state index < -0.39 is 35.6 Å². The number of carbonyl (C=O) groups is 4. The third-order valence-electron chi connectivity index (χ3n) is 7.49. The normalized spacial score (nSPS) is 24.1. The van der Waals surface area contributed by atoms with Crippen LogP contribution in [0.4, 0.5) is 0 Å². The van der Waals surface area contributed by atoms with E-state index in [-0.39, 0.29) is 23.7 Å². The molecule has 202 valence electrons. The topological polar surface area (TPSA) is 108 Å². The van der Waals surface area contributed by atoms with Crippen LogP contribution in [0, 0.1) is 17.8 Å². The molecule has 5 rings (SSSR count). The van der Waals surface area contributed by atoms with Crippen LogP contribution in [0.15, 0.2) is 57.9 Å². The molecule has 8 nitrogen and oxygen atoms in total. The van der Waals surface area contributed by atoms with Crippen molar-refractivity contribution in [1.29, 1.82) is 0 Å². The van der Waals surface area contributed by atoms with Crippen LogP contribution in [0.1, 0.15) is 34.3 Å². The third kappa shape index (κ3) is 4.78. The summed E-state index contributed by atoms with van der Waals surface area (Å²) in [6.07, 6.45) is 0.979. The molecular weight excluding hydrogens is 542 g/mol. The molecule has 0 saturated heterocycles. The molecule has 2 aromatic carbocycles. The number of rotatable bonds is 6. The minimum absolute atomic E-state index is 0.113.